The van der Waals surface area contributed by atoms with Crippen LogP contribution in [0.2, 0.25) is 0 Å². The van der Waals surface area contributed by atoms with Gasteiger partial charge in [-0.15, -0.1) is 0 Å². The zero-order valence-electron chi connectivity index (χ0n) is 10.5. The first kappa shape index (κ1) is 13.4. The standard InChI is InChI=1S/C12H22N2OS/c1-4-9(5-2)14(3)11(15)12(10(13)16)7-6-8-12/h9H,4-8H2,1-3H3,(H2,13,16). The van der Waals surface area contributed by atoms with E-state index in [0.717, 1.165) is 32.1 Å². The molecular weight excluding hydrogens is 220 g/mol. The Labute approximate surface area is 103 Å². The molecule has 1 fully saturated rings. The van der Waals surface area contributed by atoms with Crippen LogP contribution in [0.3, 0.4) is 0 Å². The Bertz CT molecular complexity index is 283. The van der Waals surface area contributed by atoms with E-state index in [1.807, 2.05) is 11.9 Å². The number of carbonyl (C=O) groups excluding carboxylic acids is 1. The number of carbonyl (C=O) groups is 1. The van der Waals surface area contributed by atoms with Crippen molar-refractivity contribution in [3.05, 3.63) is 0 Å². The highest BCUT2D eigenvalue weighted by atomic mass is 32.1. The smallest absolute Gasteiger partial charge is 0.235 e. The summed E-state index contributed by atoms with van der Waals surface area (Å²) in [5.74, 6) is 0.125. The van der Waals surface area contributed by atoms with Crippen molar-refractivity contribution < 1.29 is 4.79 Å². The van der Waals surface area contributed by atoms with Gasteiger partial charge in [-0.25, -0.2) is 0 Å². The molecule has 0 saturated heterocycles. The number of nitrogens with zero attached hydrogens (tertiary/aromatic N) is 1. The van der Waals surface area contributed by atoms with Gasteiger partial charge in [0.15, 0.2) is 0 Å². The molecule has 0 aromatic carbocycles. The predicted molar refractivity (Wildman–Crippen MR) is 70.2 cm³/mol. The highest BCUT2D eigenvalue weighted by Crippen LogP contribution is 2.43. The maximum Gasteiger partial charge on any atom is 0.235 e. The van der Waals surface area contributed by atoms with Crippen LogP contribution >= 0.6 is 12.2 Å². The summed E-state index contributed by atoms with van der Waals surface area (Å²) < 4.78 is 0. The first-order valence-corrected chi connectivity index (χ1v) is 6.47. The number of rotatable bonds is 5. The molecule has 1 saturated carbocycles. The van der Waals surface area contributed by atoms with E-state index in [4.69, 9.17) is 18.0 Å². The van der Waals surface area contributed by atoms with Crippen molar-refractivity contribution in [1.29, 1.82) is 0 Å². The molecule has 3 nitrogen and oxygen atoms in total. The zero-order valence-corrected chi connectivity index (χ0v) is 11.3. The van der Waals surface area contributed by atoms with Crippen molar-refractivity contribution in [2.75, 3.05) is 7.05 Å². The first-order valence-electron chi connectivity index (χ1n) is 6.06. The Morgan fingerprint density at radius 1 is 1.44 bits per heavy atom. The fourth-order valence-electron chi connectivity index (χ4n) is 2.44. The minimum absolute atomic E-state index is 0.125. The summed E-state index contributed by atoms with van der Waals surface area (Å²) >= 11 is 5.07. The van der Waals surface area contributed by atoms with Crippen molar-refractivity contribution in [2.45, 2.75) is 52.0 Å². The van der Waals surface area contributed by atoms with Crippen molar-refractivity contribution in [3.8, 4) is 0 Å². The van der Waals surface area contributed by atoms with E-state index in [1.54, 1.807) is 0 Å². The average Bonchev–Trinajstić information content (AvgIpc) is 2.16. The maximum absolute atomic E-state index is 12.4. The number of hydrogen-bond donors (Lipinski definition) is 1. The van der Waals surface area contributed by atoms with Crippen LogP contribution in [-0.2, 0) is 4.79 Å². The molecule has 1 aliphatic carbocycles. The molecule has 16 heavy (non-hydrogen) atoms. The molecule has 0 bridgehead atoms. The van der Waals surface area contributed by atoms with Gasteiger partial charge in [0, 0.05) is 13.1 Å². The van der Waals surface area contributed by atoms with Crippen LogP contribution in [0.5, 0.6) is 0 Å². The fourth-order valence-corrected chi connectivity index (χ4v) is 2.73. The molecule has 0 unspecified atom stereocenters. The normalized spacial score (nSPS) is 18.0. The SMILES string of the molecule is CCC(CC)N(C)C(=O)C1(C(N)=S)CCC1. The molecule has 0 radical (unpaired) electrons. The molecule has 0 atom stereocenters. The van der Waals surface area contributed by atoms with Gasteiger partial charge < -0.3 is 10.6 Å². The van der Waals surface area contributed by atoms with Crippen molar-refractivity contribution >= 4 is 23.1 Å². The van der Waals surface area contributed by atoms with Crippen LogP contribution in [0.4, 0.5) is 0 Å². The topological polar surface area (TPSA) is 46.3 Å². The second-order valence-corrected chi connectivity index (χ2v) is 5.13. The molecule has 0 aromatic heterocycles. The van der Waals surface area contributed by atoms with Crippen molar-refractivity contribution in [1.82, 2.24) is 4.90 Å². The molecule has 2 N–H and O–H groups in total. The lowest BCUT2D eigenvalue weighted by atomic mass is 9.67. The molecule has 0 aliphatic heterocycles. The van der Waals surface area contributed by atoms with Gasteiger partial charge >= 0.3 is 0 Å². The van der Waals surface area contributed by atoms with E-state index in [2.05, 4.69) is 13.8 Å². The van der Waals surface area contributed by atoms with Gasteiger partial charge in [0.2, 0.25) is 5.91 Å². The lowest BCUT2D eigenvalue weighted by Gasteiger charge is -2.43. The first-order chi connectivity index (χ1) is 7.49. The van der Waals surface area contributed by atoms with Crippen LogP contribution in [0, 0.1) is 5.41 Å². The van der Waals surface area contributed by atoms with Crippen molar-refractivity contribution in [3.63, 3.8) is 0 Å². The summed E-state index contributed by atoms with van der Waals surface area (Å²) in [4.78, 5) is 14.6. The van der Waals surface area contributed by atoms with Gasteiger partial charge in [-0.1, -0.05) is 32.5 Å². The molecular formula is C12H22N2OS. The van der Waals surface area contributed by atoms with Crippen LogP contribution in [0.1, 0.15) is 46.0 Å². The highest BCUT2D eigenvalue weighted by Gasteiger charge is 2.48. The molecule has 0 heterocycles. The fraction of sp³-hybridized carbons (Fsp3) is 0.833. The summed E-state index contributed by atoms with van der Waals surface area (Å²) in [7, 11) is 1.87. The summed E-state index contributed by atoms with van der Waals surface area (Å²) in [6, 6.07) is 0.305. The van der Waals surface area contributed by atoms with Gasteiger partial charge in [-0.05, 0) is 25.7 Å². The van der Waals surface area contributed by atoms with Crippen LogP contribution in [-0.4, -0.2) is 28.9 Å². The molecule has 0 spiro atoms. The Kier molecular flexibility index (Phi) is 4.30. The molecule has 1 rings (SSSR count). The maximum atomic E-state index is 12.4. The summed E-state index contributed by atoms with van der Waals surface area (Å²) in [5.41, 5.74) is 5.22. The van der Waals surface area contributed by atoms with E-state index in [1.165, 1.54) is 0 Å². The van der Waals surface area contributed by atoms with E-state index >= 15 is 0 Å². The second-order valence-electron chi connectivity index (χ2n) is 4.69. The third-order valence-electron chi connectivity index (χ3n) is 3.90. The van der Waals surface area contributed by atoms with Crippen molar-refractivity contribution in [2.24, 2.45) is 11.1 Å². The Morgan fingerprint density at radius 3 is 2.19 bits per heavy atom. The van der Waals surface area contributed by atoms with Gasteiger partial charge in [0.1, 0.15) is 0 Å². The molecule has 1 aliphatic rings. The molecule has 1 amide bonds. The summed E-state index contributed by atoms with van der Waals surface area (Å²) in [5, 5.41) is 0. The minimum Gasteiger partial charge on any atom is -0.392 e. The average molecular weight is 242 g/mol. The lowest BCUT2D eigenvalue weighted by Crippen LogP contribution is -2.55. The number of hydrogen-bond acceptors (Lipinski definition) is 2. The van der Waals surface area contributed by atoms with Crippen LogP contribution in [0.25, 0.3) is 0 Å². The number of nitrogens with two attached hydrogens (primary N) is 1. The monoisotopic (exact) mass is 242 g/mol. The Balaban J connectivity index is 2.80. The third-order valence-corrected chi connectivity index (χ3v) is 4.29. The summed E-state index contributed by atoms with van der Waals surface area (Å²) in [6.07, 6.45) is 4.66. The molecule has 4 heteroatoms. The Hall–Kier alpha value is -0.640. The van der Waals surface area contributed by atoms with Crippen LogP contribution < -0.4 is 5.73 Å². The molecule has 92 valence electrons. The van der Waals surface area contributed by atoms with Crippen LogP contribution in [0.15, 0.2) is 0 Å². The Morgan fingerprint density at radius 2 is 1.94 bits per heavy atom. The predicted octanol–water partition coefficient (Wildman–Crippen LogP) is 2.09. The lowest BCUT2D eigenvalue weighted by molar-refractivity contribution is -0.142. The number of thiocarbonyl (C=S) groups is 1. The zero-order chi connectivity index (χ0) is 12.3. The second kappa shape index (κ2) is 5.13. The van der Waals surface area contributed by atoms with E-state index < -0.39 is 5.41 Å². The molecule has 0 aromatic rings. The van der Waals surface area contributed by atoms with Gasteiger partial charge in [0.05, 0.1) is 10.4 Å². The van der Waals surface area contributed by atoms with E-state index in [0.29, 0.717) is 11.0 Å². The largest absolute Gasteiger partial charge is 0.392 e. The van der Waals surface area contributed by atoms with Gasteiger partial charge in [0.25, 0.3) is 0 Å². The van der Waals surface area contributed by atoms with E-state index in [-0.39, 0.29) is 5.91 Å². The highest BCUT2D eigenvalue weighted by molar-refractivity contribution is 7.80. The summed E-state index contributed by atoms with van der Waals surface area (Å²) in [6.45, 7) is 4.21. The number of amides is 1. The third kappa shape index (κ3) is 2.08. The van der Waals surface area contributed by atoms with Gasteiger partial charge in [-0.3, -0.25) is 4.79 Å². The van der Waals surface area contributed by atoms with E-state index in [9.17, 15) is 4.79 Å². The quantitative estimate of drug-likeness (QED) is 0.751. The van der Waals surface area contributed by atoms with Gasteiger partial charge in [-0.2, -0.15) is 0 Å². The minimum atomic E-state index is -0.521.